The fourth-order valence-corrected chi connectivity index (χ4v) is 2.28. The molecule has 0 aromatic heterocycles. The number of rotatable bonds is 4. The van der Waals surface area contributed by atoms with Gasteiger partial charge in [-0.15, -0.1) is 4.48 Å². The second kappa shape index (κ2) is 6.81. The molecular weight excluding hydrogens is 310 g/mol. The van der Waals surface area contributed by atoms with E-state index in [9.17, 15) is 22.4 Å². The molecule has 0 heterocycles. The molecule has 0 atom stereocenters. The standard InChI is InChI=1S/C17H15F4NO/c1-11-2-3-13(9-14(11)10-16(23)22-21)8-12-4-6-15(7-5-12)17(18,19)20/h2-7,9H,8,10H2,1H3,(H,22,23). The molecule has 0 aliphatic heterocycles. The monoisotopic (exact) mass is 325 g/mol. The average Bonchev–Trinajstić information content (AvgIpc) is 2.50. The van der Waals surface area contributed by atoms with Crippen molar-refractivity contribution in [3.8, 4) is 0 Å². The highest BCUT2D eigenvalue weighted by atomic mass is 19.4. The largest absolute Gasteiger partial charge is 0.416 e. The van der Waals surface area contributed by atoms with Crippen molar-refractivity contribution >= 4 is 5.91 Å². The van der Waals surface area contributed by atoms with Crippen molar-refractivity contribution in [2.24, 2.45) is 0 Å². The number of carbonyl (C=O) groups excluding carboxylic acids is 1. The number of hydrogen-bond donors (Lipinski definition) is 1. The summed E-state index contributed by atoms with van der Waals surface area (Å²) >= 11 is 0. The Balaban J connectivity index is 2.17. The maximum absolute atomic E-state index is 12.5. The summed E-state index contributed by atoms with van der Waals surface area (Å²) < 4.78 is 49.7. The molecule has 1 amide bonds. The van der Waals surface area contributed by atoms with Gasteiger partial charge in [0.05, 0.1) is 12.0 Å². The fourth-order valence-electron chi connectivity index (χ4n) is 2.28. The first-order valence-electron chi connectivity index (χ1n) is 6.93. The van der Waals surface area contributed by atoms with Gasteiger partial charge in [0, 0.05) is 0 Å². The Labute approximate surface area is 131 Å². The van der Waals surface area contributed by atoms with E-state index in [1.807, 2.05) is 13.0 Å². The Kier molecular flexibility index (Phi) is 5.03. The van der Waals surface area contributed by atoms with Gasteiger partial charge in [0.1, 0.15) is 0 Å². The van der Waals surface area contributed by atoms with Crippen LogP contribution in [0.2, 0.25) is 0 Å². The average molecular weight is 325 g/mol. The molecule has 1 N–H and O–H groups in total. The molecule has 23 heavy (non-hydrogen) atoms. The molecule has 0 fully saturated rings. The molecule has 0 aliphatic carbocycles. The molecule has 6 heteroatoms. The van der Waals surface area contributed by atoms with Crippen LogP contribution in [0, 0.1) is 6.92 Å². The highest BCUT2D eigenvalue weighted by Gasteiger charge is 2.29. The van der Waals surface area contributed by atoms with E-state index in [0.717, 1.165) is 34.4 Å². The van der Waals surface area contributed by atoms with E-state index < -0.39 is 17.6 Å². The molecule has 0 saturated heterocycles. The van der Waals surface area contributed by atoms with E-state index in [1.54, 1.807) is 12.1 Å². The Hall–Kier alpha value is -2.37. The van der Waals surface area contributed by atoms with Crippen LogP contribution < -0.4 is 5.54 Å². The summed E-state index contributed by atoms with van der Waals surface area (Å²) in [5, 5.41) is 0. The maximum atomic E-state index is 12.5. The first kappa shape index (κ1) is 17.0. The molecule has 2 aromatic carbocycles. The van der Waals surface area contributed by atoms with Crippen molar-refractivity contribution in [3.63, 3.8) is 0 Å². The number of amides is 1. The highest BCUT2D eigenvalue weighted by Crippen LogP contribution is 2.29. The van der Waals surface area contributed by atoms with Crippen LogP contribution in [-0.2, 0) is 23.8 Å². The molecule has 0 bridgehead atoms. The minimum absolute atomic E-state index is 0.0802. The van der Waals surface area contributed by atoms with Crippen LogP contribution in [0.3, 0.4) is 0 Å². The second-order valence-electron chi connectivity index (χ2n) is 5.33. The summed E-state index contributed by atoms with van der Waals surface area (Å²) in [7, 11) is 0. The summed E-state index contributed by atoms with van der Waals surface area (Å²) in [6.07, 6.45) is -4.00. The minimum atomic E-state index is -4.35. The van der Waals surface area contributed by atoms with Crippen LogP contribution in [0.15, 0.2) is 42.5 Å². The summed E-state index contributed by atoms with van der Waals surface area (Å²) in [5.74, 6) is -0.736. The molecule has 122 valence electrons. The summed E-state index contributed by atoms with van der Waals surface area (Å²) in [6.45, 7) is 1.81. The second-order valence-corrected chi connectivity index (χ2v) is 5.33. The molecule has 2 aromatic rings. The van der Waals surface area contributed by atoms with Crippen LogP contribution in [0.25, 0.3) is 0 Å². The van der Waals surface area contributed by atoms with Crippen LogP contribution in [0.5, 0.6) is 0 Å². The number of hydrogen-bond acceptors (Lipinski definition) is 1. The number of aryl methyl sites for hydroxylation is 1. The Morgan fingerprint density at radius 1 is 1.04 bits per heavy atom. The van der Waals surface area contributed by atoms with Gasteiger partial charge in [-0.25, -0.2) is 0 Å². The van der Waals surface area contributed by atoms with E-state index in [2.05, 4.69) is 0 Å². The zero-order valence-corrected chi connectivity index (χ0v) is 12.4. The van der Waals surface area contributed by atoms with Crippen molar-refractivity contribution in [2.45, 2.75) is 25.9 Å². The molecular formula is C17H15F4NO. The van der Waals surface area contributed by atoms with Crippen molar-refractivity contribution in [3.05, 3.63) is 70.3 Å². The van der Waals surface area contributed by atoms with Gasteiger partial charge in [0.15, 0.2) is 0 Å². The quantitative estimate of drug-likeness (QED) is 0.664. The van der Waals surface area contributed by atoms with Gasteiger partial charge in [0.25, 0.3) is 5.91 Å². The maximum Gasteiger partial charge on any atom is 0.416 e. The number of alkyl halides is 3. The Morgan fingerprint density at radius 3 is 2.22 bits per heavy atom. The summed E-state index contributed by atoms with van der Waals surface area (Å²) in [5.41, 5.74) is 3.50. The van der Waals surface area contributed by atoms with Crippen LogP contribution in [0.4, 0.5) is 17.7 Å². The van der Waals surface area contributed by atoms with Crippen LogP contribution in [0.1, 0.15) is 27.8 Å². The van der Waals surface area contributed by atoms with Crippen LogP contribution in [-0.4, -0.2) is 5.91 Å². The molecule has 2 rings (SSSR count). The third-order valence-electron chi connectivity index (χ3n) is 3.56. The van der Waals surface area contributed by atoms with E-state index in [-0.39, 0.29) is 6.42 Å². The molecule has 0 radical (unpaired) electrons. The first-order chi connectivity index (χ1) is 10.8. The van der Waals surface area contributed by atoms with Gasteiger partial charge in [0.2, 0.25) is 0 Å². The van der Waals surface area contributed by atoms with E-state index in [0.29, 0.717) is 12.0 Å². The lowest BCUT2D eigenvalue weighted by molar-refractivity contribution is -0.137. The Bertz CT molecular complexity index is 693. The van der Waals surface area contributed by atoms with Crippen LogP contribution >= 0.6 is 0 Å². The third kappa shape index (κ3) is 4.55. The predicted molar refractivity (Wildman–Crippen MR) is 78.4 cm³/mol. The normalized spacial score (nSPS) is 11.3. The lowest BCUT2D eigenvalue weighted by Gasteiger charge is -2.10. The lowest BCUT2D eigenvalue weighted by atomic mass is 9.97. The number of benzene rings is 2. The van der Waals surface area contributed by atoms with Gasteiger partial charge in [-0.2, -0.15) is 18.7 Å². The van der Waals surface area contributed by atoms with E-state index in [4.69, 9.17) is 0 Å². The summed E-state index contributed by atoms with van der Waals surface area (Å²) in [4.78, 5) is 11.1. The highest BCUT2D eigenvalue weighted by molar-refractivity contribution is 5.77. The topological polar surface area (TPSA) is 29.1 Å². The predicted octanol–water partition coefficient (Wildman–Crippen LogP) is 4.15. The smallest absolute Gasteiger partial charge is 0.272 e. The SMILES string of the molecule is Cc1ccc(Cc2ccc(C(F)(F)F)cc2)cc1CC(=O)NF. The molecule has 0 spiro atoms. The summed E-state index contributed by atoms with van der Waals surface area (Å²) in [6, 6.07) is 10.3. The minimum Gasteiger partial charge on any atom is -0.272 e. The number of halogens is 4. The van der Waals surface area contributed by atoms with Gasteiger partial charge >= 0.3 is 6.18 Å². The molecule has 0 saturated carbocycles. The van der Waals surface area contributed by atoms with E-state index >= 15 is 0 Å². The van der Waals surface area contributed by atoms with Crippen molar-refractivity contribution < 1.29 is 22.4 Å². The van der Waals surface area contributed by atoms with Crippen molar-refractivity contribution in [1.82, 2.24) is 5.54 Å². The zero-order valence-electron chi connectivity index (χ0n) is 12.4. The third-order valence-corrected chi connectivity index (χ3v) is 3.56. The number of carbonyl (C=O) groups is 1. The fraction of sp³-hybridized carbons (Fsp3) is 0.235. The van der Waals surface area contributed by atoms with Gasteiger partial charge < -0.3 is 0 Å². The lowest BCUT2D eigenvalue weighted by Crippen LogP contribution is -2.16. The van der Waals surface area contributed by atoms with E-state index in [1.165, 1.54) is 12.1 Å². The van der Waals surface area contributed by atoms with Gasteiger partial charge in [-0.1, -0.05) is 30.3 Å². The molecule has 0 aliphatic rings. The van der Waals surface area contributed by atoms with Crippen molar-refractivity contribution in [2.75, 3.05) is 0 Å². The zero-order chi connectivity index (χ0) is 17.0. The molecule has 0 unspecified atom stereocenters. The molecule has 2 nitrogen and oxygen atoms in total. The number of nitrogens with one attached hydrogen (secondary N) is 1. The van der Waals surface area contributed by atoms with Gasteiger partial charge in [-0.05, 0) is 47.7 Å². The Morgan fingerprint density at radius 2 is 1.65 bits per heavy atom. The van der Waals surface area contributed by atoms with Crippen molar-refractivity contribution in [1.29, 1.82) is 0 Å². The first-order valence-corrected chi connectivity index (χ1v) is 6.93. The van der Waals surface area contributed by atoms with Gasteiger partial charge in [-0.3, -0.25) is 4.79 Å².